The molecule has 0 radical (unpaired) electrons. The van der Waals surface area contributed by atoms with E-state index in [4.69, 9.17) is 9.47 Å². The van der Waals surface area contributed by atoms with Gasteiger partial charge in [-0.25, -0.2) is 0 Å². The third-order valence-electron chi connectivity index (χ3n) is 16.0. The highest BCUT2D eigenvalue weighted by Gasteiger charge is 2.44. The van der Waals surface area contributed by atoms with E-state index in [2.05, 4.69) is 79.9 Å². The number of rotatable bonds is 58. The second-order valence-electron chi connectivity index (χ2n) is 23.5. The number of hydrogen-bond donors (Lipinski definition) is 8. The molecule has 1 rings (SSSR count). The van der Waals surface area contributed by atoms with E-state index in [9.17, 15) is 40.5 Å². The van der Waals surface area contributed by atoms with Crippen LogP contribution in [0.4, 0.5) is 0 Å². The Labute approximate surface area is 491 Å². The molecule has 8 N–H and O–H groups in total. The molecule has 1 amide bonds. The van der Waals surface area contributed by atoms with Gasteiger partial charge in [0.25, 0.3) is 0 Å². The van der Waals surface area contributed by atoms with Gasteiger partial charge in [0, 0.05) is 0 Å². The second-order valence-corrected chi connectivity index (χ2v) is 23.5. The van der Waals surface area contributed by atoms with E-state index < -0.39 is 74.2 Å². The van der Waals surface area contributed by atoms with Crippen molar-refractivity contribution in [3.05, 3.63) is 60.8 Å². The molecule has 1 fully saturated rings. The summed E-state index contributed by atoms with van der Waals surface area (Å²) in [6.45, 7) is 3.47. The van der Waals surface area contributed by atoms with Crippen molar-refractivity contribution in [2.45, 2.75) is 358 Å². The number of allylic oxidation sites excluding steroid dienone is 10. The molecule has 0 spiro atoms. The van der Waals surface area contributed by atoms with Crippen LogP contribution in [0.2, 0.25) is 0 Å². The second kappa shape index (κ2) is 57.3. The van der Waals surface area contributed by atoms with Gasteiger partial charge in [0.2, 0.25) is 5.91 Å². The maximum absolute atomic E-state index is 13.2. The molecule has 9 unspecified atom stereocenters. The largest absolute Gasteiger partial charge is 0.394 e. The molecular weight excluding hydrogens is 1000 g/mol. The molecule has 0 bridgehead atoms. The predicted molar refractivity (Wildman–Crippen MR) is 334 cm³/mol. The minimum absolute atomic E-state index is 0.239. The molecule has 0 saturated carbocycles. The molecule has 0 aromatic heterocycles. The zero-order valence-corrected chi connectivity index (χ0v) is 51.6. The fraction of sp³-hybridized carbons (Fsp3) is 0.841. The summed E-state index contributed by atoms with van der Waals surface area (Å²) in [7, 11) is 0. The van der Waals surface area contributed by atoms with Gasteiger partial charge in [-0.2, -0.15) is 0 Å². The SMILES string of the molecule is CCCCCCCCCCC/C=C\C/C=C\CCCCCCCCCCCCC(O)C(=O)NC(COC1OC(CO)C(O)C(O)C1O)C(O)C(O)CCC/C=C/CC/C=C/CC/C=C/CCCCCCCCCCCCCCCC. The molecule has 1 heterocycles. The Bertz CT molecular complexity index is 1480. The highest BCUT2D eigenvalue weighted by Crippen LogP contribution is 2.23. The van der Waals surface area contributed by atoms with Gasteiger partial charge in [0.15, 0.2) is 6.29 Å². The van der Waals surface area contributed by atoms with Gasteiger partial charge in [-0.05, 0) is 96.3 Å². The van der Waals surface area contributed by atoms with Crippen molar-refractivity contribution in [1.82, 2.24) is 5.32 Å². The van der Waals surface area contributed by atoms with Gasteiger partial charge < -0.3 is 50.5 Å². The van der Waals surface area contributed by atoms with Gasteiger partial charge in [0.05, 0.1) is 25.4 Å². The molecule has 1 aliphatic rings. The average Bonchev–Trinajstić information content (AvgIpc) is 3.48. The van der Waals surface area contributed by atoms with Crippen molar-refractivity contribution < 1.29 is 50.0 Å². The Morgan fingerprint density at radius 3 is 1.19 bits per heavy atom. The first-order valence-electron chi connectivity index (χ1n) is 33.7. The predicted octanol–water partition coefficient (Wildman–Crippen LogP) is 15.7. The average molecular weight is 1130 g/mol. The Balaban J connectivity index is 2.28. The Morgan fingerprint density at radius 1 is 0.438 bits per heavy atom. The number of nitrogens with one attached hydrogen (secondary N) is 1. The maximum Gasteiger partial charge on any atom is 0.249 e. The molecular formula is C69H127NO10. The van der Waals surface area contributed by atoms with E-state index in [0.29, 0.717) is 19.3 Å². The lowest BCUT2D eigenvalue weighted by Crippen LogP contribution is -2.60. The van der Waals surface area contributed by atoms with Crippen molar-refractivity contribution >= 4 is 5.91 Å². The lowest BCUT2D eigenvalue weighted by molar-refractivity contribution is -0.303. The zero-order valence-electron chi connectivity index (χ0n) is 51.6. The van der Waals surface area contributed by atoms with E-state index in [1.807, 2.05) is 0 Å². The monoisotopic (exact) mass is 1130 g/mol. The third-order valence-corrected chi connectivity index (χ3v) is 16.0. The van der Waals surface area contributed by atoms with Crippen LogP contribution >= 0.6 is 0 Å². The zero-order chi connectivity index (χ0) is 58.2. The highest BCUT2D eigenvalue weighted by atomic mass is 16.7. The first kappa shape index (κ1) is 75.8. The van der Waals surface area contributed by atoms with Crippen LogP contribution in [0, 0.1) is 0 Å². The van der Waals surface area contributed by atoms with Gasteiger partial charge in [0.1, 0.15) is 36.6 Å². The van der Waals surface area contributed by atoms with Crippen LogP contribution in [0.1, 0.15) is 303 Å². The topological polar surface area (TPSA) is 189 Å². The molecule has 0 aliphatic carbocycles. The van der Waals surface area contributed by atoms with Crippen molar-refractivity contribution in [2.24, 2.45) is 0 Å². The number of amides is 1. The van der Waals surface area contributed by atoms with Crippen molar-refractivity contribution in [2.75, 3.05) is 13.2 Å². The van der Waals surface area contributed by atoms with Gasteiger partial charge in [-0.3, -0.25) is 4.79 Å². The summed E-state index contributed by atoms with van der Waals surface area (Å²) >= 11 is 0. The fourth-order valence-electron chi connectivity index (χ4n) is 10.6. The Morgan fingerprint density at radius 2 is 0.787 bits per heavy atom. The molecule has 9 atom stereocenters. The summed E-state index contributed by atoms with van der Waals surface area (Å²) in [5, 5.41) is 76.4. The van der Waals surface area contributed by atoms with E-state index >= 15 is 0 Å². The molecule has 0 aromatic carbocycles. The standard InChI is InChI=1S/C69H127NO10/c1-3-5-7-9-11-13-15-17-19-21-23-25-27-29-31-33-34-36-38-40-42-44-46-48-50-52-54-56-61(72)64(74)60(59-79-69-67(77)66(76)65(75)63(58-71)80-69)70-68(78)62(73)57-55-53-51-49-47-45-43-41-39-37-35-32-30-28-26-24-22-20-18-16-14-12-10-8-6-4-2/h24,26,30,32-34,40,42,48,50,60-67,69,71-77H,3-23,25,27-29,31,35-39,41,43-47,49,51-59H2,1-2H3,(H,70,78)/b26-24-,32-30-,34-33+,42-40+,50-48+. The van der Waals surface area contributed by atoms with Crippen LogP contribution < -0.4 is 5.32 Å². The van der Waals surface area contributed by atoms with E-state index in [1.54, 1.807) is 0 Å². The lowest BCUT2D eigenvalue weighted by atomic mass is 9.98. The fourth-order valence-corrected chi connectivity index (χ4v) is 10.6. The van der Waals surface area contributed by atoms with Gasteiger partial charge in [-0.15, -0.1) is 0 Å². The van der Waals surface area contributed by atoms with E-state index in [0.717, 1.165) is 57.8 Å². The van der Waals surface area contributed by atoms with Crippen molar-refractivity contribution in [3.63, 3.8) is 0 Å². The molecule has 11 nitrogen and oxygen atoms in total. The first-order chi connectivity index (χ1) is 39.2. The minimum Gasteiger partial charge on any atom is -0.394 e. The lowest BCUT2D eigenvalue weighted by Gasteiger charge is -2.40. The molecule has 468 valence electrons. The number of carbonyl (C=O) groups excluding carboxylic acids is 1. The van der Waals surface area contributed by atoms with E-state index in [1.165, 1.54) is 199 Å². The summed E-state index contributed by atoms with van der Waals surface area (Å²) in [6.07, 6.45) is 64.3. The molecule has 1 aliphatic heterocycles. The van der Waals surface area contributed by atoms with Crippen molar-refractivity contribution in [1.29, 1.82) is 0 Å². The number of aliphatic hydroxyl groups is 7. The van der Waals surface area contributed by atoms with E-state index in [-0.39, 0.29) is 12.8 Å². The molecule has 1 saturated heterocycles. The van der Waals surface area contributed by atoms with Crippen LogP contribution in [-0.2, 0) is 14.3 Å². The molecule has 0 aromatic rings. The smallest absolute Gasteiger partial charge is 0.249 e. The summed E-state index contributed by atoms with van der Waals surface area (Å²) in [5.74, 6) is -0.714. The summed E-state index contributed by atoms with van der Waals surface area (Å²) < 4.78 is 11.2. The normalized spacial score (nSPS) is 19.6. The highest BCUT2D eigenvalue weighted by molar-refractivity contribution is 5.80. The van der Waals surface area contributed by atoms with Gasteiger partial charge >= 0.3 is 0 Å². The van der Waals surface area contributed by atoms with Crippen LogP contribution in [0.25, 0.3) is 0 Å². The number of hydrogen-bond acceptors (Lipinski definition) is 10. The van der Waals surface area contributed by atoms with Crippen LogP contribution in [0.15, 0.2) is 60.8 Å². The van der Waals surface area contributed by atoms with Crippen LogP contribution in [0.5, 0.6) is 0 Å². The summed E-state index contributed by atoms with van der Waals surface area (Å²) in [6, 6.07) is -1.20. The quantitative estimate of drug-likeness (QED) is 0.0215. The maximum atomic E-state index is 13.2. The number of carbonyl (C=O) groups is 1. The van der Waals surface area contributed by atoms with Crippen molar-refractivity contribution in [3.8, 4) is 0 Å². The number of ether oxygens (including phenoxy) is 2. The van der Waals surface area contributed by atoms with Crippen LogP contribution in [0.3, 0.4) is 0 Å². The first-order valence-corrected chi connectivity index (χ1v) is 33.7. The number of unbranched alkanes of at least 4 members (excludes halogenated alkanes) is 36. The van der Waals surface area contributed by atoms with Gasteiger partial charge in [-0.1, -0.05) is 267 Å². The number of aliphatic hydroxyl groups excluding tert-OH is 7. The van der Waals surface area contributed by atoms with Crippen LogP contribution in [-0.4, -0.2) is 110 Å². The Kier molecular flexibility index (Phi) is 54.3. The minimum atomic E-state index is -1.68. The summed E-state index contributed by atoms with van der Waals surface area (Å²) in [5.41, 5.74) is 0. The molecule has 80 heavy (non-hydrogen) atoms. The third kappa shape index (κ3) is 44.3. The Hall–Kier alpha value is -2.19. The summed E-state index contributed by atoms with van der Waals surface area (Å²) in [4.78, 5) is 13.2. The molecule has 11 heteroatoms.